The molecule has 5 nitrogen and oxygen atoms in total. The van der Waals surface area contributed by atoms with Crippen LogP contribution in [0.2, 0.25) is 0 Å². The first kappa shape index (κ1) is 21.3. The van der Waals surface area contributed by atoms with Gasteiger partial charge in [0.2, 0.25) is 5.91 Å². The van der Waals surface area contributed by atoms with Crippen molar-refractivity contribution in [1.82, 2.24) is 10.2 Å². The van der Waals surface area contributed by atoms with Gasteiger partial charge in [0.1, 0.15) is 0 Å². The van der Waals surface area contributed by atoms with E-state index < -0.39 is 0 Å². The Bertz CT molecular complexity index is 622. The zero-order chi connectivity index (χ0) is 19.6. The molecule has 150 valence electrons. The first-order valence-electron chi connectivity index (χ1n) is 10.0. The maximum Gasteiger partial charge on any atom is 0.244 e. The third-order valence-electron chi connectivity index (χ3n) is 4.62. The first-order valence-corrected chi connectivity index (χ1v) is 10.0. The van der Waals surface area contributed by atoms with Crippen LogP contribution in [0.1, 0.15) is 45.6 Å². The van der Waals surface area contributed by atoms with Gasteiger partial charge in [0.05, 0.1) is 13.2 Å². The molecule has 27 heavy (non-hydrogen) atoms. The van der Waals surface area contributed by atoms with E-state index in [1.54, 1.807) is 19.3 Å². The largest absolute Gasteiger partial charge is 0.493 e. The van der Waals surface area contributed by atoms with Crippen molar-refractivity contribution in [2.75, 3.05) is 33.3 Å². The van der Waals surface area contributed by atoms with Crippen molar-refractivity contribution in [3.63, 3.8) is 0 Å². The topological polar surface area (TPSA) is 50.8 Å². The number of carbonyl (C=O) groups is 1. The maximum absolute atomic E-state index is 12.1. The van der Waals surface area contributed by atoms with E-state index in [1.165, 1.54) is 32.4 Å². The van der Waals surface area contributed by atoms with Crippen LogP contribution < -0.4 is 14.8 Å². The molecule has 1 heterocycles. The predicted molar refractivity (Wildman–Crippen MR) is 110 cm³/mol. The lowest BCUT2D eigenvalue weighted by molar-refractivity contribution is -0.116. The number of likely N-dealkylation sites (tertiary alicyclic amines) is 1. The molecule has 2 rings (SSSR count). The number of nitrogens with one attached hydrogen (secondary N) is 1. The lowest BCUT2D eigenvalue weighted by atomic mass is 10.1. The van der Waals surface area contributed by atoms with Crippen LogP contribution in [0.25, 0.3) is 6.08 Å². The molecule has 1 aliphatic rings. The molecule has 0 saturated carbocycles. The highest BCUT2D eigenvalue weighted by Crippen LogP contribution is 2.29. The molecule has 1 amide bonds. The van der Waals surface area contributed by atoms with Crippen LogP contribution in [0.5, 0.6) is 11.5 Å². The fourth-order valence-corrected chi connectivity index (χ4v) is 3.29. The van der Waals surface area contributed by atoms with Crippen molar-refractivity contribution in [3.8, 4) is 11.5 Å². The number of piperidine rings is 1. The van der Waals surface area contributed by atoms with E-state index in [-0.39, 0.29) is 12.0 Å². The van der Waals surface area contributed by atoms with Gasteiger partial charge in [-0.25, -0.2) is 0 Å². The Hall–Kier alpha value is -2.01. The van der Waals surface area contributed by atoms with Gasteiger partial charge in [0.15, 0.2) is 11.5 Å². The van der Waals surface area contributed by atoms with Crippen LogP contribution in [0.15, 0.2) is 24.3 Å². The second-order valence-corrected chi connectivity index (χ2v) is 7.62. The van der Waals surface area contributed by atoms with E-state index in [0.29, 0.717) is 24.0 Å². The molecule has 1 aliphatic heterocycles. The van der Waals surface area contributed by atoms with Gasteiger partial charge in [0.25, 0.3) is 0 Å². The molecule has 1 unspecified atom stereocenters. The summed E-state index contributed by atoms with van der Waals surface area (Å²) in [5.41, 5.74) is 0.902. The summed E-state index contributed by atoms with van der Waals surface area (Å²) in [7, 11) is 1.62. The third kappa shape index (κ3) is 7.63. The number of carbonyl (C=O) groups excluding carboxylic acids is 1. The molecule has 0 aromatic heterocycles. The number of methoxy groups -OCH3 is 1. The Morgan fingerprint density at radius 1 is 1.19 bits per heavy atom. The van der Waals surface area contributed by atoms with Crippen LogP contribution >= 0.6 is 0 Å². The zero-order valence-electron chi connectivity index (χ0n) is 17.2. The van der Waals surface area contributed by atoms with Crippen molar-refractivity contribution in [2.24, 2.45) is 5.92 Å². The quantitative estimate of drug-likeness (QED) is 0.669. The molecule has 1 aromatic rings. The van der Waals surface area contributed by atoms with Gasteiger partial charge in [-0.1, -0.05) is 19.4 Å². The van der Waals surface area contributed by atoms with E-state index in [4.69, 9.17) is 9.47 Å². The van der Waals surface area contributed by atoms with Crippen molar-refractivity contribution < 1.29 is 14.3 Å². The summed E-state index contributed by atoms with van der Waals surface area (Å²) in [6, 6.07) is 5.67. The number of nitrogens with zero attached hydrogens (tertiary/aromatic N) is 1. The molecule has 1 N–H and O–H groups in total. The minimum absolute atomic E-state index is 0.0676. The van der Waals surface area contributed by atoms with Crippen LogP contribution in [0, 0.1) is 5.92 Å². The van der Waals surface area contributed by atoms with Crippen LogP contribution in [0.4, 0.5) is 0 Å². The Morgan fingerprint density at radius 3 is 2.59 bits per heavy atom. The number of ether oxygens (including phenoxy) is 2. The van der Waals surface area contributed by atoms with E-state index in [2.05, 4.69) is 17.1 Å². The Kier molecular flexibility index (Phi) is 8.65. The fourth-order valence-electron chi connectivity index (χ4n) is 3.29. The highest BCUT2D eigenvalue weighted by Gasteiger charge is 2.13. The van der Waals surface area contributed by atoms with Gasteiger partial charge in [-0.15, -0.1) is 0 Å². The minimum atomic E-state index is -0.0676. The lowest BCUT2D eigenvalue weighted by Crippen LogP contribution is -2.37. The van der Waals surface area contributed by atoms with Crippen LogP contribution in [0.3, 0.4) is 0 Å². The average Bonchev–Trinajstić information content (AvgIpc) is 2.66. The number of hydrogen-bond acceptors (Lipinski definition) is 4. The molecule has 1 fully saturated rings. The van der Waals surface area contributed by atoms with Gasteiger partial charge in [0, 0.05) is 19.2 Å². The fraction of sp³-hybridized carbons (Fsp3) is 0.591. The summed E-state index contributed by atoms with van der Waals surface area (Å²) >= 11 is 0. The highest BCUT2D eigenvalue weighted by molar-refractivity contribution is 5.91. The van der Waals surface area contributed by atoms with E-state index in [0.717, 1.165) is 12.1 Å². The van der Waals surface area contributed by atoms with Crippen molar-refractivity contribution in [3.05, 3.63) is 29.8 Å². The van der Waals surface area contributed by atoms with Crippen LogP contribution in [-0.4, -0.2) is 50.2 Å². The Morgan fingerprint density at radius 2 is 1.93 bits per heavy atom. The lowest BCUT2D eigenvalue weighted by Gasteiger charge is -2.29. The second-order valence-electron chi connectivity index (χ2n) is 7.62. The molecule has 0 bridgehead atoms. The first-order chi connectivity index (χ1) is 13.0. The smallest absolute Gasteiger partial charge is 0.244 e. The zero-order valence-corrected chi connectivity index (χ0v) is 17.2. The normalized spacial score (nSPS) is 16.5. The summed E-state index contributed by atoms with van der Waals surface area (Å²) in [5, 5.41) is 3.00. The van der Waals surface area contributed by atoms with Crippen molar-refractivity contribution >= 4 is 12.0 Å². The van der Waals surface area contributed by atoms with Gasteiger partial charge < -0.3 is 19.7 Å². The molecular formula is C22H34N2O3. The third-order valence-corrected chi connectivity index (χ3v) is 4.62. The molecule has 1 saturated heterocycles. The van der Waals surface area contributed by atoms with E-state index in [9.17, 15) is 4.79 Å². The summed E-state index contributed by atoms with van der Waals surface area (Å²) in [6.45, 7) is 10.3. The average molecular weight is 375 g/mol. The van der Waals surface area contributed by atoms with E-state index >= 15 is 0 Å². The van der Waals surface area contributed by atoms with Gasteiger partial charge >= 0.3 is 0 Å². The van der Waals surface area contributed by atoms with Crippen LogP contribution in [-0.2, 0) is 4.79 Å². The Labute approximate surface area is 163 Å². The molecule has 0 radical (unpaired) electrons. The molecule has 1 aromatic carbocycles. The standard InChI is InChI=1S/C22H34N2O3/c1-17(2)27-20-10-8-19(14-21(20)26-4)9-11-22(25)23-15-18(3)16-24-12-6-5-7-13-24/h8-11,14,17-18H,5-7,12-13,15-16H2,1-4H3,(H,23,25). The maximum atomic E-state index is 12.1. The van der Waals surface area contributed by atoms with Gasteiger partial charge in [-0.3, -0.25) is 4.79 Å². The summed E-state index contributed by atoms with van der Waals surface area (Å²) in [5.74, 6) is 1.76. The molecule has 1 atom stereocenters. The SMILES string of the molecule is COc1cc(C=CC(=O)NCC(C)CN2CCCCC2)ccc1OC(C)C. The van der Waals surface area contributed by atoms with Crippen molar-refractivity contribution in [1.29, 1.82) is 0 Å². The number of rotatable bonds is 9. The van der Waals surface area contributed by atoms with Crippen molar-refractivity contribution in [2.45, 2.75) is 46.1 Å². The summed E-state index contributed by atoms with van der Waals surface area (Å²) in [4.78, 5) is 14.6. The van der Waals surface area contributed by atoms with Gasteiger partial charge in [-0.2, -0.15) is 0 Å². The monoisotopic (exact) mass is 374 g/mol. The molecule has 5 heteroatoms. The molecular weight excluding hydrogens is 340 g/mol. The van der Waals surface area contributed by atoms with E-state index in [1.807, 2.05) is 32.0 Å². The molecule has 0 spiro atoms. The van der Waals surface area contributed by atoms with Gasteiger partial charge in [-0.05, 0) is 69.5 Å². The highest BCUT2D eigenvalue weighted by atomic mass is 16.5. The Balaban J connectivity index is 1.81. The summed E-state index contributed by atoms with van der Waals surface area (Å²) < 4.78 is 11.1. The minimum Gasteiger partial charge on any atom is -0.493 e. The summed E-state index contributed by atoms with van der Waals surface area (Å²) in [6.07, 6.45) is 7.40. The number of amides is 1. The second kappa shape index (κ2) is 11.0. The predicted octanol–water partition coefficient (Wildman–Crippen LogP) is 3.73. The number of benzene rings is 1. The number of hydrogen-bond donors (Lipinski definition) is 1. The molecule has 0 aliphatic carbocycles.